The zero-order chi connectivity index (χ0) is 28.6. The van der Waals surface area contributed by atoms with E-state index in [1.165, 1.54) is 40.9 Å². The number of rotatable bonds is 9. The smallest absolute Gasteiger partial charge is 0.356 e. The number of benzene rings is 1. The van der Waals surface area contributed by atoms with Crippen molar-refractivity contribution in [2.24, 2.45) is 11.8 Å². The van der Waals surface area contributed by atoms with Crippen molar-refractivity contribution in [2.75, 3.05) is 13.3 Å². The normalized spacial score (nSPS) is 28.5. The van der Waals surface area contributed by atoms with E-state index in [1.54, 1.807) is 6.92 Å². The van der Waals surface area contributed by atoms with Crippen molar-refractivity contribution < 1.29 is 29.5 Å². The molecule has 4 aliphatic rings. The molecule has 2 fully saturated rings. The van der Waals surface area contributed by atoms with Crippen LogP contribution in [-0.2, 0) is 20.9 Å². The number of carbonyl (C=O) groups excluding carboxylic acids is 2. The van der Waals surface area contributed by atoms with Crippen LogP contribution in [0.3, 0.4) is 0 Å². The molecule has 1 amide bonds. The number of amides is 1. The molecule has 0 saturated carbocycles. The zero-order valence-electron chi connectivity index (χ0n) is 22.2. The maximum absolute atomic E-state index is 13.5. The second-order valence-electron chi connectivity index (χ2n) is 10.4. The number of nitrogens with zero attached hydrogens (tertiary/aromatic N) is 3. The molecule has 1 aromatic rings. The molecule has 3 N–H and O–H groups in total. The lowest BCUT2D eigenvalue weighted by Crippen LogP contribution is -2.63. The molecule has 2 saturated heterocycles. The molecule has 6 atom stereocenters. The molecule has 4 heterocycles. The Balaban J connectivity index is 1.37. The van der Waals surface area contributed by atoms with Gasteiger partial charge in [-0.1, -0.05) is 19.1 Å². The molecule has 12 heteroatoms. The predicted octanol–water partition coefficient (Wildman–Crippen LogP) is 2.39. The summed E-state index contributed by atoms with van der Waals surface area (Å²) in [4.78, 5) is 41.2. The number of ether oxygens (including phenoxy) is 1. The van der Waals surface area contributed by atoms with Crippen molar-refractivity contribution in [3.8, 4) is 0 Å². The summed E-state index contributed by atoms with van der Waals surface area (Å²) in [5, 5.41) is 34.5. The first kappa shape index (κ1) is 28.1. The molecule has 11 nitrogen and oxygen atoms in total. The van der Waals surface area contributed by atoms with Crippen molar-refractivity contribution in [3.05, 3.63) is 86.7 Å². The van der Waals surface area contributed by atoms with E-state index in [-0.39, 0.29) is 53.9 Å². The molecule has 5 unspecified atom stereocenters. The molecule has 0 bridgehead atoms. The number of thioether (sulfide) groups is 1. The second kappa shape index (κ2) is 11.6. The van der Waals surface area contributed by atoms with Crippen LogP contribution in [0.15, 0.2) is 71.1 Å². The fourth-order valence-electron chi connectivity index (χ4n) is 5.91. The molecule has 0 aliphatic carbocycles. The van der Waals surface area contributed by atoms with Gasteiger partial charge in [0.1, 0.15) is 12.3 Å². The first-order valence-electron chi connectivity index (χ1n) is 13.2. The fraction of sp³-hybridized carbons (Fsp3) is 0.429. The van der Waals surface area contributed by atoms with E-state index in [2.05, 4.69) is 5.32 Å². The molecule has 4 aliphatic heterocycles. The van der Waals surface area contributed by atoms with Crippen LogP contribution >= 0.6 is 11.8 Å². The van der Waals surface area contributed by atoms with E-state index in [9.17, 15) is 29.9 Å². The number of allylic oxidation sites excluding steroid dienone is 2. The maximum Gasteiger partial charge on any atom is 0.356 e. The third-order valence-corrected chi connectivity index (χ3v) is 9.38. The van der Waals surface area contributed by atoms with Crippen LogP contribution < -0.4 is 5.32 Å². The monoisotopic (exact) mass is 568 g/mol. The van der Waals surface area contributed by atoms with E-state index in [0.29, 0.717) is 12.1 Å². The van der Waals surface area contributed by atoms with Crippen LogP contribution in [0, 0.1) is 22.0 Å². The Labute approximate surface area is 236 Å². The van der Waals surface area contributed by atoms with E-state index >= 15 is 0 Å². The Bertz CT molecular complexity index is 1310. The number of nitro groups is 1. The van der Waals surface area contributed by atoms with Gasteiger partial charge in [-0.05, 0) is 42.7 Å². The highest BCUT2D eigenvalue weighted by Gasteiger charge is 2.60. The Morgan fingerprint density at radius 1 is 1.30 bits per heavy atom. The van der Waals surface area contributed by atoms with Crippen molar-refractivity contribution in [1.82, 2.24) is 15.1 Å². The molecule has 1 aromatic carbocycles. The van der Waals surface area contributed by atoms with Gasteiger partial charge in [0, 0.05) is 53.2 Å². The lowest BCUT2D eigenvalue weighted by atomic mass is 9.79. The summed E-state index contributed by atoms with van der Waals surface area (Å²) in [5.74, 6) is -1.74. The summed E-state index contributed by atoms with van der Waals surface area (Å²) in [6.07, 6.45) is 9.46. The third-order valence-electron chi connectivity index (χ3n) is 7.89. The second-order valence-corrected chi connectivity index (χ2v) is 11.7. The topological polar surface area (TPSA) is 145 Å². The number of nitro benzene ring substituents is 1. The Hall–Kier alpha value is -3.45. The molecule has 40 heavy (non-hydrogen) atoms. The van der Waals surface area contributed by atoms with Crippen LogP contribution in [0.1, 0.15) is 25.8 Å². The fourth-order valence-corrected chi connectivity index (χ4v) is 7.46. The Kier molecular flexibility index (Phi) is 8.13. The highest BCUT2D eigenvalue weighted by atomic mass is 32.2. The van der Waals surface area contributed by atoms with E-state index in [0.717, 1.165) is 16.9 Å². The van der Waals surface area contributed by atoms with Crippen LogP contribution in [0.4, 0.5) is 5.69 Å². The number of β-lactam (4-membered cyclic amide) rings is 1. The minimum Gasteiger partial charge on any atom is -0.456 e. The van der Waals surface area contributed by atoms with Crippen LogP contribution in [0.5, 0.6) is 0 Å². The number of aliphatic hydroxyl groups is 2. The van der Waals surface area contributed by atoms with E-state index < -0.39 is 22.9 Å². The lowest BCUT2D eigenvalue weighted by molar-refractivity contribution is -0.384. The molecule has 212 valence electrons. The van der Waals surface area contributed by atoms with Gasteiger partial charge in [0.15, 0.2) is 0 Å². The van der Waals surface area contributed by atoms with Gasteiger partial charge in [-0.15, -0.1) is 11.8 Å². The minimum atomic E-state index is -0.853. The lowest BCUT2D eigenvalue weighted by Gasteiger charge is -2.46. The van der Waals surface area contributed by atoms with Gasteiger partial charge < -0.3 is 25.2 Å². The van der Waals surface area contributed by atoms with E-state index in [1.807, 2.05) is 42.5 Å². The highest BCUT2D eigenvalue weighted by molar-refractivity contribution is 8.03. The van der Waals surface area contributed by atoms with Crippen molar-refractivity contribution in [3.63, 3.8) is 0 Å². The molecule has 0 radical (unpaired) electrons. The van der Waals surface area contributed by atoms with Gasteiger partial charge in [0.05, 0.1) is 29.7 Å². The molecule has 5 rings (SSSR count). The average molecular weight is 569 g/mol. The van der Waals surface area contributed by atoms with E-state index in [4.69, 9.17) is 4.74 Å². The molecule has 0 aromatic heterocycles. The zero-order valence-corrected chi connectivity index (χ0v) is 23.0. The number of hydrogen-bond donors (Lipinski definition) is 3. The number of nitrogens with one attached hydrogen (secondary N) is 1. The Morgan fingerprint density at radius 2 is 2.05 bits per heavy atom. The quantitative estimate of drug-likeness (QED) is 0.176. The Morgan fingerprint density at radius 3 is 2.73 bits per heavy atom. The van der Waals surface area contributed by atoms with Crippen LogP contribution in [0.25, 0.3) is 0 Å². The first-order chi connectivity index (χ1) is 19.2. The summed E-state index contributed by atoms with van der Waals surface area (Å²) in [7, 11) is 0. The van der Waals surface area contributed by atoms with Gasteiger partial charge in [-0.3, -0.25) is 19.8 Å². The minimum absolute atomic E-state index is 0.0233. The number of fused-ring (bicyclic) bond motifs is 1. The highest BCUT2D eigenvalue weighted by Crippen LogP contribution is 2.52. The average Bonchev–Trinajstić information content (AvgIpc) is 3.29. The number of hydrogen-bond acceptors (Lipinski definition) is 10. The maximum atomic E-state index is 13.5. The van der Waals surface area contributed by atoms with Crippen molar-refractivity contribution >= 4 is 29.3 Å². The van der Waals surface area contributed by atoms with Gasteiger partial charge in [0.2, 0.25) is 5.91 Å². The van der Waals surface area contributed by atoms with Gasteiger partial charge in [-0.25, -0.2) is 4.79 Å². The number of likely N-dealkylation sites (tertiary alicyclic amines) is 1. The molecular formula is C28H32N4O7S. The molecule has 0 spiro atoms. The predicted molar refractivity (Wildman–Crippen MR) is 148 cm³/mol. The van der Waals surface area contributed by atoms with Crippen molar-refractivity contribution in [1.29, 1.82) is 0 Å². The number of esters is 1. The van der Waals surface area contributed by atoms with Crippen LogP contribution in [-0.4, -0.2) is 73.5 Å². The largest absolute Gasteiger partial charge is 0.456 e. The number of carbonyl (C=O) groups is 2. The van der Waals surface area contributed by atoms with Gasteiger partial charge in [-0.2, -0.15) is 0 Å². The van der Waals surface area contributed by atoms with Crippen molar-refractivity contribution in [2.45, 2.75) is 50.3 Å². The molecular weight excluding hydrogens is 536 g/mol. The van der Waals surface area contributed by atoms with Gasteiger partial charge >= 0.3 is 5.97 Å². The summed E-state index contributed by atoms with van der Waals surface area (Å²) >= 11 is 1.53. The first-order valence-corrected chi connectivity index (χ1v) is 14.1. The summed E-state index contributed by atoms with van der Waals surface area (Å²) in [6, 6.07) is 5.37. The standard InChI is InChI=1S/C28H32N4O7S/c1-16-24-23(17(2)34)27(35)31(24)25(28(36)39-14-18-6-8-20(9-7-18)32(37)38)26(16)40-21-11-22(30(13-21)15-33)19-5-3-4-10-29-12-19/h3-10,12,16-17,21-24,29,33-34H,11,13-15H2,1-2H3/t16?,17?,21?,22?,23?,24-/m1/s1. The van der Waals surface area contributed by atoms with Crippen LogP contribution in [0.2, 0.25) is 0 Å². The SMILES string of the molecule is CC(O)C1C(=O)N2C(C(=O)OCc3ccc([N+](=O)[O-])cc3)=C(SC3CC(C4=CNC=CC=C4)N(CO)C3)C(C)[C@H]12. The third kappa shape index (κ3) is 5.19. The summed E-state index contributed by atoms with van der Waals surface area (Å²) in [6.45, 7) is 3.91. The summed E-state index contributed by atoms with van der Waals surface area (Å²) in [5.41, 5.74) is 1.75. The number of aliphatic hydroxyl groups excluding tert-OH is 2. The summed E-state index contributed by atoms with van der Waals surface area (Å²) < 4.78 is 5.60. The number of non-ortho nitro benzene ring substituents is 1. The van der Waals surface area contributed by atoms with Gasteiger partial charge in [0.25, 0.3) is 5.69 Å².